The maximum Gasteiger partial charge on any atom is 0.247 e. The molecule has 0 aliphatic rings. The van der Waals surface area contributed by atoms with E-state index in [1.165, 1.54) is 12.2 Å². The molecule has 0 unspecified atom stereocenters. The molecule has 8 aromatic rings. The van der Waals surface area contributed by atoms with Gasteiger partial charge in [-0.3, -0.25) is 28.1 Å². The van der Waals surface area contributed by atoms with E-state index in [9.17, 15) is 28.6 Å². The molecule has 6 N–H and O–H groups in total. The Kier molecular flexibility index (Phi) is 13.4. The van der Waals surface area contributed by atoms with E-state index in [2.05, 4.69) is 64.6 Å². The number of rotatable bonds is 14. The van der Waals surface area contributed by atoms with Gasteiger partial charge in [0.2, 0.25) is 23.7 Å². The summed E-state index contributed by atoms with van der Waals surface area (Å²) in [5.41, 5.74) is 7.27. The highest BCUT2D eigenvalue weighted by Crippen LogP contribution is 2.30. The van der Waals surface area contributed by atoms with Crippen molar-refractivity contribution in [2.75, 3.05) is 21.3 Å². The average molecular weight is 899 g/mol. The molecular weight excluding hydrogens is 851 g/mol. The molecule has 0 aliphatic heterocycles. The molecule has 66 heavy (non-hydrogen) atoms. The van der Waals surface area contributed by atoms with E-state index in [0.29, 0.717) is 41.5 Å². The van der Waals surface area contributed by atoms with Crippen LogP contribution in [0.4, 0.5) is 43.4 Å². The van der Waals surface area contributed by atoms with Gasteiger partial charge in [0, 0.05) is 40.7 Å². The number of aromatic nitrogens is 10. The van der Waals surface area contributed by atoms with Crippen LogP contribution in [0, 0.1) is 39.3 Å². The van der Waals surface area contributed by atoms with Crippen molar-refractivity contribution >= 4 is 68.3 Å². The van der Waals surface area contributed by atoms with E-state index >= 15 is 0 Å². The Morgan fingerprint density at radius 3 is 1.67 bits per heavy atom. The van der Waals surface area contributed by atoms with Gasteiger partial charge in [-0.2, -0.15) is 20.2 Å². The van der Waals surface area contributed by atoms with Crippen LogP contribution >= 0.6 is 0 Å². The number of benzene rings is 2. The van der Waals surface area contributed by atoms with Crippen molar-refractivity contribution in [3.63, 3.8) is 0 Å². The van der Waals surface area contributed by atoms with Crippen molar-refractivity contribution in [2.24, 2.45) is 0 Å². The third kappa shape index (κ3) is 10.1. The van der Waals surface area contributed by atoms with Crippen molar-refractivity contribution in [3.05, 3.63) is 133 Å². The summed E-state index contributed by atoms with van der Waals surface area (Å²) in [6.07, 6.45) is 10.4. The van der Waals surface area contributed by atoms with Crippen LogP contribution in [0.2, 0.25) is 0 Å². The lowest BCUT2D eigenvalue weighted by molar-refractivity contribution is -0.112. The first kappa shape index (κ1) is 45.9. The maximum atomic E-state index is 14.8. The van der Waals surface area contributed by atoms with E-state index < -0.39 is 23.8 Å². The van der Waals surface area contributed by atoms with E-state index in [0.717, 1.165) is 51.0 Å². The molecule has 0 radical (unpaired) electrons. The van der Waals surface area contributed by atoms with Gasteiger partial charge in [0.05, 0.1) is 77.7 Å². The van der Waals surface area contributed by atoms with Crippen LogP contribution in [-0.4, -0.2) is 82.9 Å². The van der Waals surface area contributed by atoms with Gasteiger partial charge < -0.3 is 31.5 Å². The number of amides is 2. The van der Waals surface area contributed by atoms with E-state index in [-0.39, 0.29) is 35.3 Å². The summed E-state index contributed by atoms with van der Waals surface area (Å²) in [6, 6.07) is 10.7. The van der Waals surface area contributed by atoms with Gasteiger partial charge in [0.25, 0.3) is 0 Å². The molecule has 340 valence electrons. The standard InChI is InChI=1S/2C23H24FN7O2/c1-5-21(33)27-16-6-7-20-17(8-16)13(2)11-30(20)22-18(24)9-25-23(29-22)28-19-10-26-31(15(19)4)12-14(3)32;1-5-21(33)26-16-6-7-20-17(8-16)13(2)10-31(20)22-18(24)9-25-23(28-22)27-19-12-30(11-14(3)32)29-15(19)4/h5-11,14,32H,1,12H2,2-4H3,(H,27,33)(H,25,28,29);5-10,12,14,32H,1,11H2,2-4H3,(H,26,33)(H,25,27,28)/t2*14-/m11/s1. The number of nitrogens with zero attached hydrogens (tertiary/aromatic N) is 10. The van der Waals surface area contributed by atoms with Crippen molar-refractivity contribution in [3.8, 4) is 11.6 Å². The van der Waals surface area contributed by atoms with Crippen LogP contribution in [0.1, 0.15) is 36.4 Å². The highest BCUT2D eigenvalue weighted by atomic mass is 19.1. The summed E-state index contributed by atoms with van der Waals surface area (Å²) in [5, 5.41) is 41.1. The summed E-state index contributed by atoms with van der Waals surface area (Å²) in [4.78, 5) is 40.1. The summed E-state index contributed by atoms with van der Waals surface area (Å²) < 4.78 is 36.1. The third-order valence-electron chi connectivity index (χ3n) is 10.3. The molecule has 6 heterocycles. The number of fused-ring (bicyclic) bond motifs is 2. The van der Waals surface area contributed by atoms with Crippen molar-refractivity contribution in [1.82, 2.24) is 48.6 Å². The number of aryl methyl sites for hydroxylation is 3. The second-order valence-corrected chi connectivity index (χ2v) is 15.6. The molecule has 18 nitrogen and oxygen atoms in total. The highest BCUT2D eigenvalue weighted by molar-refractivity contribution is 6.01. The van der Waals surface area contributed by atoms with Crippen LogP contribution in [-0.2, 0) is 22.7 Å². The van der Waals surface area contributed by atoms with Gasteiger partial charge in [0.1, 0.15) is 0 Å². The number of nitrogens with one attached hydrogen (secondary N) is 4. The zero-order valence-electron chi connectivity index (χ0n) is 37.0. The topological polar surface area (TPSA) is 220 Å². The van der Waals surface area contributed by atoms with E-state index in [1.54, 1.807) is 81.4 Å². The Labute approximate surface area is 377 Å². The highest BCUT2D eigenvalue weighted by Gasteiger charge is 2.18. The van der Waals surface area contributed by atoms with Crippen LogP contribution in [0.5, 0.6) is 0 Å². The van der Waals surface area contributed by atoms with Crippen molar-refractivity contribution in [2.45, 2.75) is 66.8 Å². The molecule has 20 heteroatoms. The molecule has 2 aromatic carbocycles. The van der Waals surface area contributed by atoms with Gasteiger partial charge in [-0.05, 0) is 101 Å². The zero-order valence-corrected chi connectivity index (χ0v) is 37.0. The fourth-order valence-corrected chi connectivity index (χ4v) is 7.11. The number of hydrogen-bond donors (Lipinski definition) is 6. The molecule has 0 aliphatic carbocycles. The third-order valence-corrected chi connectivity index (χ3v) is 10.3. The minimum absolute atomic E-state index is 0.0857. The molecule has 0 saturated heterocycles. The van der Waals surface area contributed by atoms with Gasteiger partial charge in [0.15, 0.2) is 23.3 Å². The van der Waals surface area contributed by atoms with Crippen LogP contribution in [0.3, 0.4) is 0 Å². The minimum Gasteiger partial charge on any atom is -0.391 e. The molecule has 8 rings (SSSR count). The lowest BCUT2D eigenvalue weighted by atomic mass is 10.2. The number of aliphatic hydroxyl groups excluding tert-OH is 2. The smallest absolute Gasteiger partial charge is 0.247 e. The Morgan fingerprint density at radius 2 is 1.20 bits per heavy atom. The number of carbonyl (C=O) groups excluding carboxylic acids is 2. The SMILES string of the molecule is C=CC(=O)Nc1ccc2c(c1)c(C)cn2-c1nc(Nc2cn(C[C@@H](C)O)nc2C)ncc1F.C=CC(=O)Nc1ccc2c(c1)c(C)cn2-c1nc(Nc2cnn(C[C@@H](C)O)c2C)ncc1F. The van der Waals surface area contributed by atoms with Crippen LogP contribution in [0.15, 0.2) is 98.9 Å². The second-order valence-electron chi connectivity index (χ2n) is 15.6. The number of aliphatic hydroxyl groups is 2. The van der Waals surface area contributed by atoms with Gasteiger partial charge >= 0.3 is 0 Å². The summed E-state index contributed by atoms with van der Waals surface area (Å²) in [7, 11) is 0. The summed E-state index contributed by atoms with van der Waals surface area (Å²) in [6.45, 7) is 18.4. The second kappa shape index (κ2) is 19.3. The summed E-state index contributed by atoms with van der Waals surface area (Å²) in [5.74, 6) is -1.19. The predicted octanol–water partition coefficient (Wildman–Crippen LogP) is 7.24. The van der Waals surface area contributed by atoms with Gasteiger partial charge in [-0.15, -0.1) is 0 Å². The molecule has 2 atom stereocenters. The molecule has 0 saturated carbocycles. The lowest BCUT2D eigenvalue weighted by Crippen LogP contribution is -2.14. The number of hydrogen-bond acceptors (Lipinski definition) is 12. The molecule has 2 amide bonds. The Balaban J connectivity index is 0.000000196. The fourth-order valence-electron chi connectivity index (χ4n) is 7.11. The number of carbonyl (C=O) groups is 2. The normalized spacial score (nSPS) is 12.0. The molecular formula is C46H48F2N14O4. The number of halogens is 2. The maximum absolute atomic E-state index is 14.8. The lowest BCUT2D eigenvalue weighted by Gasteiger charge is -2.10. The first-order valence-electron chi connectivity index (χ1n) is 20.6. The van der Waals surface area contributed by atoms with Crippen LogP contribution < -0.4 is 21.3 Å². The zero-order chi connectivity index (χ0) is 47.4. The number of anilines is 6. The molecule has 0 fully saturated rings. The quantitative estimate of drug-likeness (QED) is 0.0595. The minimum atomic E-state index is -0.581. The van der Waals surface area contributed by atoms with Gasteiger partial charge in [-0.25, -0.2) is 18.7 Å². The molecule has 6 aromatic heterocycles. The average Bonchev–Trinajstić information content (AvgIpc) is 4.01. The summed E-state index contributed by atoms with van der Waals surface area (Å²) >= 11 is 0. The largest absolute Gasteiger partial charge is 0.391 e. The predicted molar refractivity (Wildman–Crippen MR) is 249 cm³/mol. The van der Waals surface area contributed by atoms with Crippen molar-refractivity contribution in [1.29, 1.82) is 0 Å². The van der Waals surface area contributed by atoms with Gasteiger partial charge in [-0.1, -0.05) is 13.2 Å². The van der Waals surface area contributed by atoms with E-state index in [1.807, 2.05) is 39.8 Å². The Morgan fingerprint density at radius 1 is 0.712 bits per heavy atom. The molecule has 0 bridgehead atoms. The first-order chi connectivity index (χ1) is 31.5. The Hall–Kier alpha value is -8.10. The van der Waals surface area contributed by atoms with E-state index in [4.69, 9.17) is 0 Å². The Bertz CT molecular complexity index is 2970. The monoisotopic (exact) mass is 898 g/mol. The van der Waals surface area contributed by atoms with Crippen LogP contribution in [0.25, 0.3) is 33.4 Å². The van der Waals surface area contributed by atoms with Crippen molar-refractivity contribution < 1.29 is 28.6 Å². The first-order valence-corrected chi connectivity index (χ1v) is 20.6. The molecule has 0 spiro atoms. The fraction of sp³-hybridized carbons (Fsp3) is 0.217.